The predicted molar refractivity (Wildman–Crippen MR) is 133 cm³/mol. The molecule has 0 aromatic carbocycles. The molecule has 3 aromatic rings. The zero-order valence-corrected chi connectivity index (χ0v) is 22.4. The van der Waals surface area contributed by atoms with Gasteiger partial charge in [0.05, 0.1) is 23.1 Å². The van der Waals surface area contributed by atoms with Crippen LogP contribution >= 0.6 is 0 Å². The minimum atomic E-state index is -6.09. The Morgan fingerprint density at radius 3 is 2.15 bits per heavy atom. The van der Waals surface area contributed by atoms with Gasteiger partial charge in [-0.25, -0.2) is 4.98 Å². The summed E-state index contributed by atoms with van der Waals surface area (Å²) < 4.78 is 80.5. The second-order valence-corrected chi connectivity index (χ2v) is 9.75. The Bertz CT molecular complexity index is 1420. The number of nitrogen functional groups attached to an aromatic ring is 1. The first kappa shape index (κ1) is 31.7. The number of pyridine rings is 1. The Hall–Kier alpha value is -3.79. The Kier molecular flexibility index (Phi) is 8.70. The summed E-state index contributed by atoms with van der Waals surface area (Å²) in [7, 11) is 0. The number of halogens is 6. The number of amides is 1. The van der Waals surface area contributed by atoms with E-state index in [2.05, 4.69) is 15.1 Å². The smallest absolute Gasteiger partial charge is 0.387 e. The largest absolute Gasteiger partial charge is 0.432 e. The van der Waals surface area contributed by atoms with E-state index in [1.165, 1.54) is 18.0 Å². The van der Waals surface area contributed by atoms with Gasteiger partial charge in [-0.05, 0) is 46.6 Å². The minimum Gasteiger partial charge on any atom is -0.387 e. The summed E-state index contributed by atoms with van der Waals surface area (Å²) in [5.74, 6) is -1.02. The van der Waals surface area contributed by atoms with Crippen molar-refractivity contribution in [1.29, 1.82) is 0 Å². The van der Waals surface area contributed by atoms with Crippen molar-refractivity contribution in [1.82, 2.24) is 24.5 Å². The van der Waals surface area contributed by atoms with E-state index in [-0.39, 0.29) is 52.4 Å². The van der Waals surface area contributed by atoms with Crippen molar-refractivity contribution in [2.24, 2.45) is 0 Å². The highest BCUT2D eigenvalue weighted by Crippen LogP contribution is 2.49. The number of carbonyl (C=O) groups excluding carboxylic acids is 2. The van der Waals surface area contributed by atoms with Crippen molar-refractivity contribution in [3.05, 3.63) is 41.5 Å². The van der Waals surface area contributed by atoms with Gasteiger partial charge in [0.25, 0.3) is 5.60 Å². The minimum absolute atomic E-state index is 0.0109. The summed E-state index contributed by atoms with van der Waals surface area (Å²) in [4.78, 5) is 33.9. The molecule has 1 atom stereocenters. The number of alkyl halides is 6. The van der Waals surface area contributed by atoms with Crippen molar-refractivity contribution in [3.8, 4) is 11.1 Å². The normalized spacial score (nSPS) is 13.6. The lowest BCUT2D eigenvalue weighted by molar-refractivity contribution is -0.377. The number of aromatic nitrogens is 4. The van der Waals surface area contributed by atoms with E-state index in [0.29, 0.717) is 18.7 Å². The number of carbonyl (C=O) groups is 2. The molecule has 3 aromatic heterocycles. The summed E-state index contributed by atoms with van der Waals surface area (Å²) in [6, 6.07) is 0.674. The third kappa shape index (κ3) is 5.70. The van der Waals surface area contributed by atoms with Gasteiger partial charge in [-0.1, -0.05) is 6.07 Å². The van der Waals surface area contributed by atoms with Crippen molar-refractivity contribution in [2.75, 3.05) is 12.3 Å². The van der Waals surface area contributed by atoms with Crippen LogP contribution in [0.5, 0.6) is 0 Å². The van der Waals surface area contributed by atoms with Crippen LogP contribution in [0, 0.1) is 0 Å². The number of hydrogen-bond acceptors (Lipinski definition) is 8. The molecule has 1 amide bonds. The first-order valence-electron chi connectivity index (χ1n) is 12.3. The molecule has 0 spiro atoms. The molecule has 0 saturated heterocycles. The van der Waals surface area contributed by atoms with Crippen molar-refractivity contribution >= 4 is 23.2 Å². The number of aryl methyl sites for hydroxylation is 1. The fourth-order valence-corrected chi connectivity index (χ4v) is 4.66. The number of hydrogen-bond donors (Lipinski definition) is 3. The average molecular weight is 591 g/mol. The van der Waals surface area contributed by atoms with Crippen LogP contribution in [0.1, 0.15) is 55.9 Å². The second kappa shape index (κ2) is 11.2. The number of nitrogens with two attached hydrogens (primary N) is 1. The number of rotatable bonds is 9. The molecule has 0 aliphatic carbocycles. The van der Waals surface area contributed by atoms with Gasteiger partial charge in [0.1, 0.15) is 12.4 Å². The maximum atomic E-state index is 13.2. The van der Waals surface area contributed by atoms with Crippen molar-refractivity contribution in [3.63, 3.8) is 0 Å². The first-order valence-corrected chi connectivity index (χ1v) is 12.3. The van der Waals surface area contributed by atoms with Gasteiger partial charge in [0, 0.05) is 29.4 Å². The Morgan fingerprint density at radius 2 is 1.68 bits per heavy atom. The summed E-state index contributed by atoms with van der Waals surface area (Å²) in [5.41, 5.74) is -0.191. The molecule has 0 unspecified atom stereocenters. The standard InChI is InChI=1S/C25H28F6N6O4/c1-12(2)36(19(40)11-38)13(3)5-7-17-20(14(4)39)21(32)37-22(35-17)16(10-34-37)15-6-8-18(33-9-15)23(41,24(26,27)28)25(29,30)31/h6,8-10,12-13,38,41H,5,7,11,32H2,1-4H3/t13-/m1/s1. The van der Waals surface area contributed by atoms with E-state index in [0.717, 1.165) is 10.6 Å². The molecule has 3 heterocycles. The first-order chi connectivity index (χ1) is 18.9. The van der Waals surface area contributed by atoms with Crippen LogP contribution in [0.15, 0.2) is 24.5 Å². The molecule has 4 N–H and O–H groups in total. The van der Waals surface area contributed by atoms with Crippen LogP contribution < -0.4 is 5.73 Å². The van der Waals surface area contributed by atoms with Gasteiger partial charge in [0.15, 0.2) is 11.4 Å². The van der Waals surface area contributed by atoms with E-state index in [9.17, 15) is 46.1 Å². The number of aliphatic hydroxyl groups excluding tert-OH is 1. The fraction of sp³-hybridized carbons (Fsp3) is 0.480. The van der Waals surface area contributed by atoms with Crippen molar-refractivity contribution in [2.45, 2.75) is 70.6 Å². The van der Waals surface area contributed by atoms with Gasteiger partial charge in [-0.2, -0.15) is 36.0 Å². The highest BCUT2D eigenvalue weighted by molar-refractivity contribution is 6.00. The zero-order chi connectivity index (χ0) is 31.1. The number of anilines is 1. The van der Waals surface area contributed by atoms with E-state index < -0.39 is 41.9 Å². The average Bonchev–Trinajstić information content (AvgIpc) is 3.29. The molecule has 10 nitrogen and oxygen atoms in total. The molecule has 0 aliphatic heterocycles. The lowest BCUT2D eigenvalue weighted by Gasteiger charge is -2.32. The summed E-state index contributed by atoms with van der Waals surface area (Å²) in [6.45, 7) is 5.87. The summed E-state index contributed by atoms with van der Waals surface area (Å²) >= 11 is 0. The SMILES string of the molecule is CC(=O)c1c(CC[C@@H](C)N(C(=O)CO)C(C)C)nc2c(-c3ccc(C(O)(C(F)(F)F)C(F)(F)F)nc3)cnn2c1N. The zero-order valence-electron chi connectivity index (χ0n) is 22.4. The summed E-state index contributed by atoms with van der Waals surface area (Å²) in [6.07, 6.45) is -9.84. The lowest BCUT2D eigenvalue weighted by Crippen LogP contribution is -2.54. The van der Waals surface area contributed by atoms with Crippen LogP contribution in [-0.4, -0.2) is 77.4 Å². The monoisotopic (exact) mass is 590 g/mol. The van der Waals surface area contributed by atoms with E-state index in [4.69, 9.17) is 5.73 Å². The molecule has 41 heavy (non-hydrogen) atoms. The fourth-order valence-electron chi connectivity index (χ4n) is 4.66. The topological polar surface area (TPSA) is 147 Å². The molecule has 224 valence electrons. The molecule has 3 rings (SSSR count). The number of aliphatic hydroxyl groups is 2. The van der Waals surface area contributed by atoms with Crippen molar-refractivity contribution < 1.29 is 46.1 Å². The maximum absolute atomic E-state index is 13.2. The van der Waals surface area contributed by atoms with E-state index in [1.54, 1.807) is 20.8 Å². The maximum Gasteiger partial charge on any atom is 0.432 e. The second-order valence-electron chi connectivity index (χ2n) is 9.75. The Morgan fingerprint density at radius 1 is 1.07 bits per heavy atom. The third-order valence-electron chi connectivity index (χ3n) is 6.63. The number of ketones is 1. The molecule has 0 saturated carbocycles. The van der Waals surface area contributed by atoms with Crippen LogP contribution in [0.4, 0.5) is 32.2 Å². The van der Waals surface area contributed by atoms with Gasteiger partial charge in [-0.3, -0.25) is 14.6 Å². The Labute approximate surface area is 229 Å². The van der Waals surface area contributed by atoms with Crippen LogP contribution in [0.3, 0.4) is 0 Å². The molecule has 0 bridgehead atoms. The van der Waals surface area contributed by atoms with E-state index >= 15 is 0 Å². The predicted octanol–water partition coefficient (Wildman–Crippen LogP) is 3.44. The van der Waals surface area contributed by atoms with Crippen LogP contribution in [-0.2, 0) is 16.8 Å². The van der Waals surface area contributed by atoms with Gasteiger partial charge in [0.2, 0.25) is 5.91 Å². The molecule has 16 heteroatoms. The molecule has 0 fully saturated rings. The van der Waals surface area contributed by atoms with Gasteiger partial charge < -0.3 is 20.8 Å². The van der Waals surface area contributed by atoms with E-state index in [1.807, 2.05) is 0 Å². The van der Waals surface area contributed by atoms with Gasteiger partial charge >= 0.3 is 12.4 Å². The number of Topliss-reactive ketones (excluding diaryl/α,β-unsaturated/α-hetero) is 1. The number of nitrogens with zero attached hydrogens (tertiary/aromatic N) is 5. The molecule has 0 aliphatic rings. The molecular weight excluding hydrogens is 562 g/mol. The summed E-state index contributed by atoms with van der Waals surface area (Å²) in [5, 5.41) is 23.0. The Balaban J connectivity index is 2.07. The van der Waals surface area contributed by atoms with Gasteiger partial charge in [-0.15, -0.1) is 0 Å². The van der Waals surface area contributed by atoms with Crippen LogP contribution in [0.25, 0.3) is 16.8 Å². The molecule has 0 radical (unpaired) electrons. The van der Waals surface area contributed by atoms with Crippen LogP contribution in [0.2, 0.25) is 0 Å². The number of fused-ring (bicyclic) bond motifs is 1. The highest BCUT2D eigenvalue weighted by Gasteiger charge is 2.72. The highest BCUT2D eigenvalue weighted by atomic mass is 19.4. The quantitative estimate of drug-likeness (QED) is 0.254. The lowest BCUT2D eigenvalue weighted by atomic mass is 9.96. The molecular formula is C25H28F6N6O4. The third-order valence-corrected chi connectivity index (χ3v) is 6.63.